The van der Waals surface area contributed by atoms with Crippen LogP contribution in [0.1, 0.15) is 11.9 Å². The van der Waals surface area contributed by atoms with E-state index in [1.807, 2.05) is 25.1 Å². The summed E-state index contributed by atoms with van der Waals surface area (Å²) >= 11 is 1.63. The van der Waals surface area contributed by atoms with E-state index >= 15 is 0 Å². The smallest absolute Gasteiger partial charge is 0.221 e. The van der Waals surface area contributed by atoms with Crippen LogP contribution in [0, 0.1) is 6.92 Å². The molecule has 2 rings (SSSR count). The molecule has 0 saturated carbocycles. The van der Waals surface area contributed by atoms with Gasteiger partial charge in [-0.2, -0.15) is 0 Å². The third kappa shape index (κ3) is 1.75. The SMILES string of the molecule is CC(=O)Nc1ccc2nc(C)sc2c1. The van der Waals surface area contributed by atoms with Crippen LogP contribution in [-0.4, -0.2) is 10.9 Å². The van der Waals surface area contributed by atoms with Gasteiger partial charge in [0.2, 0.25) is 5.91 Å². The molecule has 3 nitrogen and oxygen atoms in total. The molecule has 0 aliphatic carbocycles. The Morgan fingerprint density at radius 3 is 3.00 bits per heavy atom. The lowest BCUT2D eigenvalue weighted by Gasteiger charge is -1.99. The van der Waals surface area contributed by atoms with Crippen molar-refractivity contribution in [2.24, 2.45) is 0 Å². The first-order valence-corrected chi connectivity index (χ1v) is 5.11. The van der Waals surface area contributed by atoms with Gasteiger partial charge in [0.15, 0.2) is 0 Å². The second-order valence-electron chi connectivity index (χ2n) is 3.10. The van der Waals surface area contributed by atoms with Gasteiger partial charge in [0, 0.05) is 12.6 Å². The Bertz CT molecular complexity index is 490. The van der Waals surface area contributed by atoms with Crippen molar-refractivity contribution in [3.8, 4) is 0 Å². The number of aromatic nitrogens is 1. The van der Waals surface area contributed by atoms with E-state index in [0.29, 0.717) is 0 Å². The molecule has 0 aliphatic rings. The molecular formula is C10H10N2OS. The molecule has 0 aliphatic heterocycles. The number of amides is 1. The normalized spacial score (nSPS) is 10.4. The quantitative estimate of drug-likeness (QED) is 0.779. The lowest BCUT2D eigenvalue weighted by Crippen LogP contribution is -2.05. The maximum atomic E-state index is 10.8. The van der Waals surface area contributed by atoms with Gasteiger partial charge in [-0.25, -0.2) is 4.98 Å². The van der Waals surface area contributed by atoms with Crippen LogP contribution in [0.2, 0.25) is 0 Å². The molecule has 0 radical (unpaired) electrons. The zero-order valence-corrected chi connectivity index (χ0v) is 8.81. The van der Waals surface area contributed by atoms with E-state index in [9.17, 15) is 4.79 Å². The topological polar surface area (TPSA) is 42.0 Å². The monoisotopic (exact) mass is 206 g/mol. The van der Waals surface area contributed by atoms with Crippen molar-refractivity contribution in [3.63, 3.8) is 0 Å². The van der Waals surface area contributed by atoms with Crippen LogP contribution < -0.4 is 5.32 Å². The Labute approximate surface area is 85.8 Å². The van der Waals surface area contributed by atoms with E-state index < -0.39 is 0 Å². The zero-order valence-electron chi connectivity index (χ0n) is 8.00. The van der Waals surface area contributed by atoms with Crippen molar-refractivity contribution >= 4 is 33.1 Å². The van der Waals surface area contributed by atoms with Gasteiger partial charge in [-0.3, -0.25) is 4.79 Å². The Balaban J connectivity index is 2.45. The molecular weight excluding hydrogens is 196 g/mol. The van der Waals surface area contributed by atoms with E-state index in [4.69, 9.17) is 0 Å². The predicted molar refractivity (Wildman–Crippen MR) is 58.7 cm³/mol. The van der Waals surface area contributed by atoms with Gasteiger partial charge in [0.25, 0.3) is 0 Å². The number of nitrogens with zero attached hydrogens (tertiary/aromatic N) is 1. The lowest BCUT2D eigenvalue weighted by molar-refractivity contribution is -0.114. The van der Waals surface area contributed by atoms with Gasteiger partial charge in [0.05, 0.1) is 15.2 Å². The molecule has 1 N–H and O–H groups in total. The fraction of sp³-hybridized carbons (Fsp3) is 0.200. The van der Waals surface area contributed by atoms with Crippen molar-refractivity contribution in [1.82, 2.24) is 4.98 Å². The molecule has 0 fully saturated rings. The minimum Gasteiger partial charge on any atom is -0.326 e. The van der Waals surface area contributed by atoms with Crippen molar-refractivity contribution in [2.45, 2.75) is 13.8 Å². The third-order valence-electron chi connectivity index (χ3n) is 1.82. The largest absolute Gasteiger partial charge is 0.326 e. The Morgan fingerprint density at radius 1 is 1.50 bits per heavy atom. The number of rotatable bonds is 1. The van der Waals surface area contributed by atoms with E-state index in [2.05, 4.69) is 10.3 Å². The summed E-state index contributed by atoms with van der Waals surface area (Å²) in [6.45, 7) is 3.48. The molecule has 72 valence electrons. The van der Waals surface area contributed by atoms with Crippen LogP contribution in [0.5, 0.6) is 0 Å². The molecule has 1 aromatic carbocycles. The average Bonchev–Trinajstić information content (AvgIpc) is 2.42. The number of carbonyl (C=O) groups excluding carboxylic acids is 1. The number of aryl methyl sites for hydroxylation is 1. The molecule has 0 spiro atoms. The molecule has 1 aromatic heterocycles. The standard InChI is InChI=1S/C10H10N2OS/c1-6(13)11-8-3-4-9-10(5-8)14-7(2)12-9/h3-5H,1-2H3,(H,11,13). The molecule has 1 heterocycles. The molecule has 4 heteroatoms. The maximum absolute atomic E-state index is 10.8. The van der Waals surface area contributed by atoms with Crippen molar-refractivity contribution in [3.05, 3.63) is 23.2 Å². The van der Waals surface area contributed by atoms with E-state index in [1.54, 1.807) is 11.3 Å². The third-order valence-corrected chi connectivity index (χ3v) is 2.75. The first-order valence-electron chi connectivity index (χ1n) is 4.30. The van der Waals surface area contributed by atoms with Crippen LogP contribution in [0.25, 0.3) is 10.2 Å². The number of thiazole rings is 1. The zero-order chi connectivity index (χ0) is 10.1. The van der Waals surface area contributed by atoms with Crippen LogP contribution >= 0.6 is 11.3 Å². The molecule has 2 aromatic rings. The average molecular weight is 206 g/mol. The molecule has 14 heavy (non-hydrogen) atoms. The number of nitrogens with one attached hydrogen (secondary N) is 1. The summed E-state index contributed by atoms with van der Waals surface area (Å²) in [5, 5.41) is 3.79. The number of carbonyl (C=O) groups is 1. The van der Waals surface area contributed by atoms with Crippen LogP contribution in [0.15, 0.2) is 18.2 Å². The summed E-state index contributed by atoms with van der Waals surface area (Å²) in [4.78, 5) is 15.2. The summed E-state index contributed by atoms with van der Waals surface area (Å²) < 4.78 is 1.11. The number of hydrogen-bond acceptors (Lipinski definition) is 3. The first kappa shape index (κ1) is 9.15. The van der Waals surface area contributed by atoms with Crippen LogP contribution in [-0.2, 0) is 4.79 Å². The number of fused-ring (bicyclic) bond motifs is 1. The van der Waals surface area contributed by atoms with E-state index in [-0.39, 0.29) is 5.91 Å². The highest BCUT2D eigenvalue weighted by atomic mass is 32.1. The summed E-state index contributed by atoms with van der Waals surface area (Å²) in [6.07, 6.45) is 0. The minimum absolute atomic E-state index is 0.0504. The number of anilines is 1. The lowest BCUT2D eigenvalue weighted by atomic mass is 10.3. The van der Waals surface area contributed by atoms with Crippen molar-refractivity contribution in [2.75, 3.05) is 5.32 Å². The minimum atomic E-state index is -0.0504. The van der Waals surface area contributed by atoms with Gasteiger partial charge in [-0.05, 0) is 25.1 Å². The first-order chi connectivity index (χ1) is 6.65. The molecule has 0 atom stereocenters. The highest BCUT2D eigenvalue weighted by molar-refractivity contribution is 7.18. The number of hydrogen-bond donors (Lipinski definition) is 1. The highest BCUT2D eigenvalue weighted by Gasteiger charge is 2.01. The predicted octanol–water partition coefficient (Wildman–Crippen LogP) is 2.56. The fourth-order valence-electron chi connectivity index (χ4n) is 1.32. The van der Waals surface area contributed by atoms with Gasteiger partial charge >= 0.3 is 0 Å². The summed E-state index contributed by atoms with van der Waals surface area (Å²) in [5.74, 6) is -0.0504. The maximum Gasteiger partial charge on any atom is 0.221 e. The van der Waals surface area contributed by atoms with Crippen LogP contribution in [0.4, 0.5) is 5.69 Å². The Morgan fingerprint density at radius 2 is 2.29 bits per heavy atom. The fourth-order valence-corrected chi connectivity index (χ4v) is 2.19. The van der Waals surface area contributed by atoms with Gasteiger partial charge in [-0.1, -0.05) is 0 Å². The Kier molecular flexibility index (Phi) is 2.21. The van der Waals surface area contributed by atoms with Crippen molar-refractivity contribution in [1.29, 1.82) is 0 Å². The number of benzene rings is 1. The second kappa shape index (κ2) is 3.38. The molecule has 0 saturated heterocycles. The van der Waals surface area contributed by atoms with E-state index in [1.165, 1.54) is 6.92 Å². The molecule has 1 amide bonds. The highest BCUT2D eigenvalue weighted by Crippen LogP contribution is 2.24. The van der Waals surface area contributed by atoms with Gasteiger partial charge < -0.3 is 5.32 Å². The van der Waals surface area contributed by atoms with Gasteiger partial charge in [-0.15, -0.1) is 11.3 Å². The molecule has 0 unspecified atom stereocenters. The summed E-state index contributed by atoms with van der Waals surface area (Å²) in [7, 11) is 0. The second-order valence-corrected chi connectivity index (χ2v) is 4.33. The van der Waals surface area contributed by atoms with Crippen LogP contribution in [0.3, 0.4) is 0 Å². The van der Waals surface area contributed by atoms with Gasteiger partial charge in [0.1, 0.15) is 0 Å². The molecule has 0 bridgehead atoms. The summed E-state index contributed by atoms with van der Waals surface area (Å²) in [5.41, 5.74) is 1.82. The Hall–Kier alpha value is -1.42. The summed E-state index contributed by atoms with van der Waals surface area (Å²) in [6, 6.07) is 5.73. The van der Waals surface area contributed by atoms with Crippen molar-refractivity contribution < 1.29 is 4.79 Å². The van der Waals surface area contributed by atoms with E-state index in [0.717, 1.165) is 20.9 Å².